The van der Waals surface area contributed by atoms with E-state index in [4.69, 9.17) is 5.73 Å². The molecule has 6 heteroatoms. The van der Waals surface area contributed by atoms with Crippen molar-refractivity contribution in [2.45, 2.75) is 44.1 Å². The van der Waals surface area contributed by atoms with Gasteiger partial charge in [-0.2, -0.15) is 0 Å². The first kappa shape index (κ1) is 15.4. The summed E-state index contributed by atoms with van der Waals surface area (Å²) >= 11 is 0. The molecule has 1 aliphatic rings. The largest absolute Gasteiger partial charge is 0.354 e. The average Bonchev–Trinajstić information content (AvgIpc) is 2.46. The number of nitrogens with zero attached hydrogens (tertiary/aromatic N) is 1. The summed E-state index contributed by atoms with van der Waals surface area (Å²) in [6, 6.07) is 6.15. The van der Waals surface area contributed by atoms with Crippen LogP contribution in [0.1, 0.15) is 37.7 Å². The standard InChI is InChI=1S/C15H21N3O3/c16-15(7-2-1-3-8-15)11-17-14(19)10-12-5-4-6-13(9-12)18(20)21/h4-6,9H,1-3,7-8,10-11,16H2,(H,17,19). The molecular formula is C15H21N3O3. The van der Waals surface area contributed by atoms with Crippen LogP contribution in [0.4, 0.5) is 5.69 Å². The molecule has 1 aromatic carbocycles. The Hall–Kier alpha value is -1.95. The molecule has 21 heavy (non-hydrogen) atoms. The maximum Gasteiger partial charge on any atom is 0.269 e. The van der Waals surface area contributed by atoms with Gasteiger partial charge in [-0.15, -0.1) is 0 Å². The molecule has 6 nitrogen and oxygen atoms in total. The summed E-state index contributed by atoms with van der Waals surface area (Å²) in [7, 11) is 0. The zero-order chi connectivity index (χ0) is 15.3. The summed E-state index contributed by atoms with van der Waals surface area (Å²) in [5.74, 6) is -0.147. The van der Waals surface area contributed by atoms with Crippen LogP contribution < -0.4 is 11.1 Å². The third kappa shape index (κ3) is 4.53. The monoisotopic (exact) mass is 291 g/mol. The molecule has 1 aromatic rings. The van der Waals surface area contributed by atoms with Crippen LogP contribution >= 0.6 is 0 Å². The summed E-state index contributed by atoms with van der Waals surface area (Å²) in [5, 5.41) is 13.6. The van der Waals surface area contributed by atoms with Crippen LogP contribution in [-0.2, 0) is 11.2 Å². The molecule has 2 rings (SSSR count). The smallest absolute Gasteiger partial charge is 0.269 e. The molecule has 3 N–H and O–H groups in total. The van der Waals surface area contributed by atoms with Gasteiger partial charge in [0.05, 0.1) is 11.3 Å². The lowest BCUT2D eigenvalue weighted by molar-refractivity contribution is -0.384. The minimum Gasteiger partial charge on any atom is -0.354 e. The van der Waals surface area contributed by atoms with Gasteiger partial charge in [0, 0.05) is 24.2 Å². The third-order valence-electron chi connectivity index (χ3n) is 3.97. The van der Waals surface area contributed by atoms with E-state index in [1.54, 1.807) is 12.1 Å². The number of benzene rings is 1. The maximum absolute atomic E-state index is 11.9. The van der Waals surface area contributed by atoms with Crippen molar-refractivity contribution in [3.05, 3.63) is 39.9 Å². The van der Waals surface area contributed by atoms with Gasteiger partial charge in [0.15, 0.2) is 0 Å². The third-order valence-corrected chi connectivity index (χ3v) is 3.97. The van der Waals surface area contributed by atoms with E-state index in [0.29, 0.717) is 12.1 Å². The van der Waals surface area contributed by atoms with E-state index < -0.39 is 4.92 Å². The zero-order valence-electron chi connectivity index (χ0n) is 12.0. The number of nitro groups is 1. The Kier molecular flexibility index (Phi) is 4.90. The summed E-state index contributed by atoms with van der Waals surface area (Å²) in [6.07, 6.45) is 5.43. The Bertz CT molecular complexity index is 525. The molecule has 0 saturated heterocycles. The fraction of sp³-hybridized carbons (Fsp3) is 0.533. The molecule has 0 bridgehead atoms. The molecule has 1 saturated carbocycles. The van der Waals surface area contributed by atoms with Gasteiger partial charge in [0.2, 0.25) is 5.91 Å². The fourth-order valence-electron chi connectivity index (χ4n) is 2.74. The molecule has 0 heterocycles. The molecule has 0 aromatic heterocycles. The van der Waals surface area contributed by atoms with Crippen molar-refractivity contribution in [3.8, 4) is 0 Å². The minimum absolute atomic E-state index is 0.00266. The van der Waals surface area contributed by atoms with Crippen molar-refractivity contribution >= 4 is 11.6 Å². The minimum atomic E-state index is -0.460. The second-order valence-electron chi connectivity index (χ2n) is 5.80. The van der Waals surface area contributed by atoms with Crippen molar-refractivity contribution in [2.75, 3.05) is 6.54 Å². The molecule has 1 aliphatic carbocycles. The zero-order valence-corrected chi connectivity index (χ0v) is 12.0. The molecule has 0 radical (unpaired) electrons. The van der Waals surface area contributed by atoms with Crippen LogP contribution in [0.25, 0.3) is 0 Å². The Morgan fingerprint density at radius 3 is 2.71 bits per heavy atom. The summed E-state index contributed by atoms with van der Waals surface area (Å²) in [6.45, 7) is 0.473. The van der Waals surface area contributed by atoms with Gasteiger partial charge < -0.3 is 11.1 Å². The summed E-state index contributed by atoms with van der Waals surface area (Å²) in [5.41, 5.74) is 6.60. The number of nitrogens with one attached hydrogen (secondary N) is 1. The summed E-state index contributed by atoms with van der Waals surface area (Å²) < 4.78 is 0. The predicted octanol–water partition coefficient (Wildman–Crippen LogP) is 1.92. The van der Waals surface area contributed by atoms with Crippen molar-refractivity contribution in [1.82, 2.24) is 5.32 Å². The van der Waals surface area contributed by atoms with E-state index in [9.17, 15) is 14.9 Å². The highest BCUT2D eigenvalue weighted by atomic mass is 16.6. The Morgan fingerprint density at radius 1 is 1.33 bits per heavy atom. The lowest BCUT2D eigenvalue weighted by Crippen LogP contribution is -2.51. The van der Waals surface area contributed by atoms with Crippen LogP contribution in [0.3, 0.4) is 0 Å². The lowest BCUT2D eigenvalue weighted by Gasteiger charge is -2.33. The number of hydrogen-bond donors (Lipinski definition) is 2. The number of amides is 1. The fourth-order valence-corrected chi connectivity index (χ4v) is 2.74. The quantitative estimate of drug-likeness (QED) is 0.639. The highest BCUT2D eigenvalue weighted by Gasteiger charge is 2.27. The van der Waals surface area contributed by atoms with Gasteiger partial charge in [-0.1, -0.05) is 31.4 Å². The van der Waals surface area contributed by atoms with Crippen LogP contribution in [0, 0.1) is 10.1 Å². The van der Waals surface area contributed by atoms with Gasteiger partial charge in [-0.3, -0.25) is 14.9 Å². The maximum atomic E-state index is 11.9. The highest BCUT2D eigenvalue weighted by molar-refractivity contribution is 5.78. The van der Waals surface area contributed by atoms with Gasteiger partial charge in [-0.25, -0.2) is 0 Å². The van der Waals surface area contributed by atoms with E-state index in [0.717, 1.165) is 25.7 Å². The van der Waals surface area contributed by atoms with Crippen LogP contribution in [0.5, 0.6) is 0 Å². The second kappa shape index (κ2) is 6.67. The number of nitrogens with two attached hydrogens (primary N) is 1. The molecule has 0 spiro atoms. The van der Waals surface area contributed by atoms with Crippen molar-refractivity contribution < 1.29 is 9.72 Å². The van der Waals surface area contributed by atoms with Crippen LogP contribution in [-0.4, -0.2) is 22.9 Å². The van der Waals surface area contributed by atoms with E-state index in [1.807, 2.05) is 0 Å². The molecule has 0 unspecified atom stereocenters. The molecule has 0 aliphatic heterocycles. The second-order valence-corrected chi connectivity index (χ2v) is 5.80. The number of rotatable bonds is 5. The Balaban J connectivity index is 1.87. The van der Waals surface area contributed by atoms with Crippen molar-refractivity contribution in [3.63, 3.8) is 0 Å². The number of hydrogen-bond acceptors (Lipinski definition) is 4. The Labute approximate surface area is 123 Å². The van der Waals surface area contributed by atoms with Gasteiger partial charge in [0.1, 0.15) is 0 Å². The van der Waals surface area contributed by atoms with E-state index in [2.05, 4.69) is 5.32 Å². The van der Waals surface area contributed by atoms with E-state index in [-0.39, 0.29) is 23.6 Å². The first-order valence-corrected chi connectivity index (χ1v) is 7.27. The topological polar surface area (TPSA) is 98.3 Å². The number of carbonyl (C=O) groups is 1. The molecule has 114 valence electrons. The number of non-ortho nitro benzene ring substituents is 1. The van der Waals surface area contributed by atoms with Crippen LogP contribution in [0.2, 0.25) is 0 Å². The van der Waals surface area contributed by atoms with Crippen molar-refractivity contribution in [2.24, 2.45) is 5.73 Å². The molecular weight excluding hydrogens is 270 g/mol. The normalized spacial score (nSPS) is 17.2. The van der Waals surface area contributed by atoms with E-state index >= 15 is 0 Å². The first-order chi connectivity index (χ1) is 9.98. The van der Waals surface area contributed by atoms with Crippen LogP contribution in [0.15, 0.2) is 24.3 Å². The van der Waals surface area contributed by atoms with E-state index in [1.165, 1.54) is 18.6 Å². The SMILES string of the molecule is NC1(CNC(=O)Cc2cccc([N+](=O)[O-])c2)CCCCC1. The average molecular weight is 291 g/mol. The number of carbonyl (C=O) groups excluding carboxylic acids is 1. The van der Waals surface area contributed by atoms with Gasteiger partial charge >= 0.3 is 0 Å². The predicted molar refractivity (Wildman–Crippen MR) is 79.8 cm³/mol. The van der Waals surface area contributed by atoms with Gasteiger partial charge in [0.25, 0.3) is 5.69 Å². The molecule has 0 atom stereocenters. The molecule has 1 fully saturated rings. The first-order valence-electron chi connectivity index (χ1n) is 7.27. The number of nitro benzene ring substituents is 1. The van der Waals surface area contributed by atoms with Gasteiger partial charge in [-0.05, 0) is 18.4 Å². The highest BCUT2D eigenvalue weighted by Crippen LogP contribution is 2.25. The summed E-state index contributed by atoms with van der Waals surface area (Å²) in [4.78, 5) is 22.2. The van der Waals surface area contributed by atoms with Crippen molar-refractivity contribution in [1.29, 1.82) is 0 Å². The molecule has 1 amide bonds. The Morgan fingerprint density at radius 2 is 2.05 bits per heavy atom. The lowest BCUT2D eigenvalue weighted by atomic mass is 9.82.